The second-order valence-electron chi connectivity index (χ2n) is 3.47. The van der Waals surface area contributed by atoms with Crippen LogP contribution < -0.4 is 5.73 Å². The molecule has 0 unspecified atom stereocenters. The van der Waals surface area contributed by atoms with Gasteiger partial charge in [-0.15, -0.1) is 0 Å². The quantitative estimate of drug-likeness (QED) is 0.752. The third-order valence-corrected chi connectivity index (χ3v) is 2.40. The summed E-state index contributed by atoms with van der Waals surface area (Å²) >= 11 is 0. The first-order valence-corrected chi connectivity index (χ1v) is 4.68. The average molecular weight is 203 g/mol. The fraction of sp³-hybridized carbons (Fsp3) is 0.300. The molecule has 0 radical (unpaired) electrons. The number of nitrogen functional groups attached to an aromatic ring is 1. The highest BCUT2D eigenvalue weighted by Gasteiger charge is 2.11. The Morgan fingerprint density at radius 2 is 1.87 bits per heavy atom. The SMILES string of the molecule is Cc1nc(N)c(-c2ccnn2C)nc1C. The van der Waals surface area contributed by atoms with E-state index < -0.39 is 0 Å². The van der Waals surface area contributed by atoms with Crippen molar-refractivity contribution in [1.82, 2.24) is 19.7 Å². The van der Waals surface area contributed by atoms with Crippen LogP contribution in [0.1, 0.15) is 11.4 Å². The summed E-state index contributed by atoms with van der Waals surface area (Å²) in [5.74, 6) is 0.446. The predicted molar refractivity (Wildman–Crippen MR) is 58.1 cm³/mol. The largest absolute Gasteiger partial charge is 0.382 e. The Morgan fingerprint density at radius 3 is 2.47 bits per heavy atom. The molecule has 2 heterocycles. The standard InChI is InChI=1S/C10H13N5/c1-6-7(2)14-10(11)9(13-6)8-4-5-12-15(8)3/h4-5H,1-3H3,(H2,11,14). The summed E-state index contributed by atoms with van der Waals surface area (Å²) in [7, 11) is 1.85. The smallest absolute Gasteiger partial charge is 0.151 e. The van der Waals surface area contributed by atoms with E-state index >= 15 is 0 Å². The van der Waals surface area contributed by atoms with Gasteiger partial charge in [0.1, 0.15) is 5.69 Å². The van der Waals surface area contributed by atoms with Crippen LogP contribution in [0.2, 0.25) is 0 Å². The Kier molecular flexibility index (Phi) is 2.15. The lowest BCUT2D eigenvalue weighted by Crippen LogP contribution is -2.04. The fourth-order valence-corrected chi connectivity index (χ4v) is 1.42. The van der Waals surface area contributed by atoms with Crippen molar-refractivity contribution in [2.75, 3.05) is 5.73 Å². The summed E-state index contributed by atoms with van der Waals surface area (Å²) in [6.45, 7) is 3.81. The van der Waals surface area contributed by atoms with E-state index in [1.807, 2.05) is 27.0 Å². The molecule has 5 heteroatoms. The molecule has 2 rings (SSSR count). The van der Waals surface area contributed by atoms with Gasteiger partial charge in [-0.3, -0.25) is 4.68 Å². The van der Waals surface area contributed by atoms with Crippen LogP contribution in [-0.4, -0.2) is 19.7 Å². The van der Waals surface area contributed by atoms with Crippen LogP contribution in [0.5, 0.6) is 0 Å². The van der Waals surface area contributed by atoms with E-state index in [2.05, 4.69) is 15.1 Å². The van der Waals surface area contributed by atoms with Crippen LogP contribution in [0, 0.1) is 13.8 Å². The molecule has 0 saturated carbocycles. The van der Waals surface area contributed by atoms with Gasteiger partial charge in [-0.2, -0.15) is 5.10 Å². The second-order valence-corrected chi connectivity index (χ2v) is 3.47. The van der Waals surface area contributed by atoms with Gasteiger partial charge in [0.25, 0.3) is 0 Å². The van der Waals surface area contributed by atoms with E-state index in [4.69, 9.17) is 5.73 Å². The van der Waals surface area contributed by atoms with Crippen molar-refractivity contribution < 1.29 is 0 Å². The number of aryl methyl sites for hydroxylation is 3. The lowest BCUT2D eigenvalue weighted by atomic mass is 10.2. The topological polar surface area (TPSA) is 69.6 Å². The average Bonchev–Trinajstić information content (AvgIpc) is 2.58. The Hall–Kier alpha value is -1.91. The van der Waals surface area contributed by atoms with Crippen molar-refractivity contribution in [1.29, 1.82) is 0 Å². The zero-order valence-corrected chi connectivity index (χ0v) is 9.02. The molecule has 78 valence electrons. The molecule has 0 aromatic carbocycles. The first kappa shape index (κ1) is 9.64. The Balaban J connectivity index is 2.64. The molecule has 0 saturated heterocycles. The van der Waals surface area contributed by atoms with Crippen molar-refractivity contribution in [3.05, 3.63) is 23.7 Å². The van der Waals surface area contributed by atoms with Gasteiger partial charge >= 0.3 is 0 Å². The van der Waals surface area contributed by atoms with Crippen LogP contribution >= 0.6 is 0 Å². The molecule has 0 fully saturated rings. The van der Waals surface area contributed by atoms with Crippen molar-refractivity contribution >= 4 is 5.82 Å². The molecule has 0 atom stereocenters. The van der Waals surface area contributed by atoms with Crippen LogP contribution in [0.15, 0.2) is 12.3 Å². The summed E-state index contributed by atoms with van der Waals surface area (Å²) in [5, 5.41) is 4.08. The molecule has 2 aromatic heterocycles. The highest BCUT2D eigenvalue weighted by Crippen LogP contribution is 2.22. The normalized spacial score (nSPS) is 10.6. The minimum atomic E-state index is 0.446. The summed E-state index contributed by atoms with van der Waals surface area (Å²) in [6.07, 6.45) is 1.71. The fourth-order valence-electron chi connectivity index (χ4n) is 1.42. The molecule has 2 aromatic rings. The van der Waals surface area contributed by atoms with Gasteiger partial charge in [0.2, 0.25) is 0 Å². The van der Waals surface area contributed by atoms with Crippen LogP contribution in [0.3, 0.4) is 0 Å². The summed E-state index contributed by atoms with van der Waals surface area (Å²) in [5.41, 5.74) is 9.16. The van der Waals surface area contributed by atoms with Gasteiger partial charge in [-0.1, -0.05) is 0 Å². The molecule has 5 nitrogen and oxygen atoms in total. The summed E-state index contributed by atoms with van der Waals surface area (Å²) in [6, 6.07) is 1.87. The Morgan fingerprint density at radius 1 is 1.20 bits per heavy atom. The first-order valence-electron chi connectivity index (χ1n) is 4.68. The molecular weight excluding hydrogens is 190 g/mol. The van der Waals surface area contributed by atoms with Crippen molar-refractivity contribution in [2.24, 2.45) is 7.05 Å². The molecule has 0 aliphatic heterocycles. The van der Waals surface area contributed by atoms with Crippen LogP contribution in [-0.2, 0) is 7.05 Å². The number of hydrogen-bond donors (Lipinski definition) is 1. The molecule has 0 aliphatic carbocycles. The highest BCUT2D eigenvalue weighted by molar-refractivity contribution is 5.66. The van der Waals surface area contributed by atoms with E-state index in [0.717, 1.165) is 17.1 Å². The number of aromatic nitrogens is 4. The molecule has 15 heavy (non-hydrogen) atoms. The van der Waals surface area contributed by atoms with Crippen molar-refractivity contribution in [3.8, 4) is 11.4 Å². The number of anilines is 1. The number of nitrogens with zero attached hydrogens (tertiary/aromatic N) is 4. The molecule has 0 spiro atoms. The lowest BCUT2D eigenvalue weighted by molar-refractivity contribution is 0.772. The second kappa shape index (κ2) is 3.34. The maximum atomic E-state index is 5.84. The predicted octanol–water partition coefficient (Wildman–Crippen LogP) is 1.08. The molecule has 2 N–H and O–H groups in total. The molecule has 0 aliphatic rings. The maximum absolute atomic E-state index is 5.84. The Labute approximate surface area is 88.0 Å². The summed E-state index contributed by atoms with van der Waals surface area (Å²) in [4.78, 5) is 8.67. The number of hydrogen-bond acceptors (Lipinski definition) is 4. The molecular formula is C10H13N5. The van der Waals surface area contributed by atoms with Gasteiger partial charge in [0.15, 0.2) is 5.82 Å². The van der Waals surface area contributed by atoms with E-state index in [1.165, 1.54) is 0 Å². The van der Waals surface area contributed by atoms with E-state index in [9.17, 15) is 0 Å². The zero-order chi connectivity index (χ0) is 11.0. The molecule has 0 amide bonds. The van der Waals surface area contributed by atoms with E-state index in [-0.39, 0.29) is 0 Å². The van der Waals surface area contributed by atoms with E-state index in [1.54, 1.807) is 10.9 Å². The third kappa shape index (κ3) is 1.56. The first-order chi connectivity index (χ1) is 7.09. The minimum Gasteiger partial charge on any atom is -0.382 e. The van der Waals surface area contributed by atoms with Crippen LogP contribution in [0.4, 0.5) is 5.82 Å². The Bertz CT molecular complexity index is 501. The van der Waals surface area contributed by atoms with E-state index in [0.29, 0.717) is 11.5 Å². The molecule has 0 bridgehead atoms. The zero-order valence-electron chi connectivity index (χ0n) is 9.02. The number of rotatable bonds is 1. The van der Waals surface area contributed by atoms with Crippen LogP contribution in [0.25, 0.3) is 11.4 Å². The van der Waals surface area contributed by atoms with Gasteiger partial charge in [0, 0.05) is 13.2 Å². The van der Waals surface area contributed by atoms with Gasteiger partial charge in [-0.05, 0) is 19.9 Å². The highest BCUT2D eigenvalue weighted by atomic mass is 15.3. The van der Waals surface area contributed by atoms with Gasteiger partial charge < -0.3 is 5.73 Å². The van der Waals surface area contributed by atoms with Gasteiger partial charge in [-0.25, -0.2) is 9.97 Å². The maximum Gasteiger partial charge on any atom is 0.151 e. The van der Waals surface area contributed by atoms with Crippen molar-refractivity contribution in [2.45, 2.75) is 13.8 Å². The minimum absolute atomic E-state index is 0.446. The number of nitrogens with two attached hydrogens (primary N) is 1. The lowest BCUT2D eigenvalue weighted by Gasteiger charge is -2.07. The monoisotopic (exact) mass is 203 g/mol. The summed E-state index contributed by atoms with van der Waals surface area (Å²) < 4.78 is 1.73. The van der Waals surface area contributed by atoms with Gasteiger partial charge in [0.05, 0.1) is 17.1 Å². The third-order valence-electron chi connectivity index (χ3n) is 2.40. The van der Waals surface area contributed by atoms with Crippen molar-refractivity contribution in [3.63, 3.8) is 0 Å².